The molecule has 1 N–H and O–H groups in total. The number of fused-ring (bicyclic) bond motifs is 1. The highest BCUT2D eigenvalue weighted by Gasteiger charge is 2.10. The van der Waals surface area contributed by atoms with E-state index in [1.165, 1.54) is 0 Å². The lowest BCUT2D eigenvalue weighted by molar-refractivity contribution is -0.121. The molecule has 0 aliphatic carbocycles. The van der Waals surface area contributed by atoms with Crippen molar-refractivity contribution in [3.63, 3.8) is 0 Å². The summed E-state index contributed by atoms with van der Waals surface area (Å²) in [4.78, 5) is 28.2. The fraction of sp³-hybridized carbons (Fsp3) is 0.211. The predicted octanol–water partition coefficient (Wildman–Crippen LogP) is 2.75. The zero-order valence-electron chi connectivity index (χ0n) is 13.4. The summed E-state index contributed by atoms with van der Waals surface area (Å²) < 4.78 is 5.22. The number of hydrogen-bond acceptors (Lipinski definition) is 4. The molecule has 24 heavy (non-hydrogen) atoms. The van der Waals surface area contributed by atoms with Gasteiger partial charge in [0.15, 0.2) is 5.58 Å². The third-order valence-electron chi connectivity index (χ3n) is 3.89. The van der Waals surface area contributed by atoms with Gasteiger partial charge in [-0.2, -0.15) is 0 Å². The first kappa shape index (κ1) is 15.9. The van der Waals surface area contributed by atoms with Gasteiger partial charge in [-0.1, -0.05) is 36.4 Å². The summed E-state index contributed by atoms with van der Waals surface area (Å²) in [6.45, 7) is 2.48. The Kier molecular flexibility index (Phi) is 4.70. The van der Waals surface area contributed by atoms with Crippen molar-refractivity contribution in [2.75, 3.05) is 0 Å². The first-order valence-corrected chi connectivity index (χ1v) is 7.83. The largest absolute Gasteiger partial charge is 0.420 e. The molecular weight excluding hydrogens is 304 g/mol. The minimum Gasteiger partial charge on any atom is -0.420 e. The molecule has 122 valence electrons. The number of benzene rings is 2. The maximum Gasteiger partial charge on any atom is 0.358 e. The minimum absolute atomic E-state index is 0.118. The maximum absolute atomic E-state index is 12.0. The molecule has 3 rings (SSSR count). The summed E-state index contributed by atoms with van der Waals surface area (Å²) in [7, 11) is 0. The van der Waals surface area contributed by atoms with Crippen LogP contribution in [0.2, 0.25) is 0 Å². The number of nitrogens with one attached hydrogen (secondary N) is 1. The van der Waals surface area contributed by atoms with E-state index in [9.17, 15) is 9.59 Å². The molecule has 2 aromatic carbocycles. The summed E-state index contributed by atoms with van der Waals surface area (Å²) in [6.07, 6.45) is 0.453. The molecule has 1 amide bonds. The molecule has 0 aliphatic rings. The van der Waals surface area contributed by atoms with Crippen LogP contribution in [-0.2, 0) is 17.8 Å². The fourth-order valence-corrected chi connectivity index (χ4v) is 2.47. The van der Waals surface area contributed by atoms with Crippen LogP contribution >= 0.6 is 0 Å². The fourth-order valence-electron chi connectivity index (χ4n) is 2.47. The van der Waals surface area contributed by atoms with Crippen LogP contribution in [0.25, 0.3) is 11.1 Å². The standard InChI is InChI=1S/C19H18N2O3/c1-13-6-2-3-7-14(13)12-20-18(22)11-10-16-19(23)24-17-9-5-4-8-15(17)21-16/h2-9H,10-12H2,1H3,(H,20,22). The Labute approximate surface area is 139 Å². The Bertz CT molecular complexity index is 931. The lowest BCUT2D eigenvalue weighted by Gasteiger charge is -2.07. The van der Waals surface area contributed by atoms with Gasteiger partial charge in [0.05, 0.1) is 0 Å². The van der Waals surface area contributed by atoms with Crippen molar-refractivity contribution >= 4 is 17.0 Å². The average Bonchev–Trinajstić information content (AvgIpc) is 2.59. The molecule has 1 heterocycles. The van der Waals surface area contributed by atoms with Crippen molar-refractivity contribution in [1.29, 1.82) is 0 Å². The summed E-state index contributed by atoms with van der Waals surface area (Å²) in [5, 5.41) is 2.87. The van der Waals surface area contributed by atoms with Crippen LogP contribution in [0.1, 0.15) is 23.2 Å². The Hall–Kier alpha value is -2.95. The van der Waals surface area contributed by atoms with Crippen LogP contribution in [0.5, 0.6) is 0 Å². The van der Waals surface area contributed by atoms with Crippen LogP contribution < -0.4 is 10.9 Å². The molecular formula is C19H18N2O3. The van der Waals surface area contributed by atoms with Gasteiger partial charge in [-0.25, -0.2) is 9.78 Å². The number of nitrogens with zero attached hydrogens (tertiary/aromatic N) is 1. The monoisotopic (exact) mass is 322 g/mol. The van der Waals surface area contributed by atoms with E-state index in [-0.39, 0.29) is 24.4 Å². The van der Waals surface area contributed by atoms with Crippen molar-refractivity contribution in [3.8, 4) is 0 Å². The maximum atomic E-state index is 12.0. The first-order valence-electron chi connectivity index (χ1n) is 7.83. The van der Waals surface area contributed by atoms with Gasteiger partial charge in [0, 0.05) is 19.4 Å². The molecule has 5 nitrogen and oxygen atoms in total. The molecule has 0 radical (unpaired) electrons. The van der Waals surface area contributed by atoms with Gasteiger partial charge < -0.3 is 9.73 Å². The molecule has 3 aromatic rings. The summed E-state index contributed by atoms with van der Waals surface area (Å²) in [6, 6.07) is 15.0. The van der Waals surface area contributed by atoms with E-state index in [0.29, 0.717) is 17.6 Å². The van der Waals surface area contributed by atoms with E-state index in [1.807, 2.05) is 37.3 Å². The highest BCUT2D eigenvalue weighted by Crippen LogP contribution is 2.10. The van der Waals surface area contributed by atoms with Gasteiger partial charge >= 0.3 is 5.63 Å². The highest BCUT2D eigenvalue weighted by molar-refractivity contribution is 5.76. The molecule has 0 saturated carbocycles. The smallest absolute Gasteiger partial charge is 0.358 e. The van der Waals surface area contributed by atoms with Gasteiger partial charge in [0.1, 0.15) is 11.2 Å². The molecule has 5 heteroatoms. The molecule has 0 unspecified atom stereocenters. The molecule has 0 bridgehead atoms. The Morgan fingerprint density at radius 1 is 1.12 bits per heavy atom. The van der Waals surface area contributed by atoms with Crippen LogP contribution in [-0.4, -0.2) is 10.9 Å². The lowest BCUT2D eigenvalue weighted by Crippen LogP contribution is -2.24. The van der Waals surface area contributed by atoms with Gasteiger partial charge in [-0.3, -0.25) is 4.79 Å². The Morgan fingerprint density at radius 2 is 1.88 bits per heavy atom. The normalized spacial score (nSPS) is 10.7. The van der Waals surface area contributed by atoms with Crippen LogP contribution in [0.3, 0.4) is 0 Å². The number of carbonyl (C=O) groups is 1. The molecule has 0 atom stereocenters. The number of rotatable bonds is 5. The summed E-state index contributed by atoms with van der Waals surface area (Å²) >= 11 is 0. The quantitative estimate of drug-likeness (QED) is 0.784. The number of amides is 1. The molecule has 0 spiro atoms. The van der Waals surface area contributed by atoms with Crippen LogP contribution in [0.4, 0.5) is 0 Å². The Balaban J connectivity index is 1.61. The minimum atomic E-state index is -0.486. The number of aromatic nitrogens is 1. The predicted molar refractivity (Wildman–Crippen MR) is 91.6 cm³/mol. The van der Waals surface area contributed by atoms with E-state index in [2.05, 4.69) is 10.3 Å². The molecule has 0 aliphatic heterocycles. The van der Waals surface area contributed by atoms with Gasteiger partial charge in [-0.15, -0.1) is 0 Å². The highest BCUT2D eigenvalue weighted by atomic mass is 16.4. The number of aryl methyl sites for hydroxylation is 2. The van der Waals surface area contributed by atoms with Gasteiger partial charge in [-0.05, 0) is 30.2 Å². The van der Waals surface area contributed by atoms with Crippen molar-refractivity contribution in [2.24, 2.45) is 0 Å². The van der Waals surface area contributed by atoms with Gasteiger partial charge in [0.2, 0.25) is 5.91 Å². The van der Waals surface area contributed by atoms with Crippen molar-refractivity contribution in [1.82, 2.24) is 10.3 Å². The number of para-hydroxylation sites is 2. The molecule has 1 aromatic heterocycles. The van der Waals surface area contributed by atoms with E-state index in [4.69, 9.17) is 4.42 Å². The van der Waals surface area contributed by atoms with Crippen molar-refractivity contribution < 1.29 is 9.21 Å². The molecule has 0 saturated heterocycles. The second-order valence-corrected chi connectivity index (χ2v) is 5.62. The SMILES string of the molecule is Cc1ccccc1CNC(=O)CCc1nc2ccccc2oc1=O. The lowest BCUT2D eigenvalue weighted by atomic mass is 10.1. The summed E-state index contributed by atoms with van der Waals surface area (Å²) in [5.74, 6) is -0.118. The van der Waals surface area contributed by atoms with E-state index >= 15 is 0 Å². The zero-order chi connectivity index (χ0) is 16.9. The van der Waals surface area contributed by atoms with Crippen molar-refractivity contribution in [3.05, 3.63) is 75.8 Å². The van der Waals surface area contributed by atoms with Gasteiger partial charge in [0.25, 0.3) is 0 Å². The second-order valence-electron chi connectivity index (χ2n) is 5.62. The van der Waals surface area contributed by atoms with Crippen LogP contribution in [0.15, 0.2) is 57.7 Å². The average molecular weight is 322 g/mol. The van der Waals surface area contributed by atoms with Crippen LogP contribution in [0, 0.1) is 6.92 Å². The topological polar surface area (TPSA) is 72.2 Å². The second kappa shape index (κ2) is 7.08. The summed E-state index contributed by atoms with van der Waals surface area (Å²) in [5.41, 5.74) is 3.08. The third-order valence-corrected chi connectivity index (χ3v) is 3.89. The number of hydrogen-bond donors (Lipinski definition) is 1. The zero-order valence-corrected chi connectivity index (χ0v) is 13.4. The third kappa shape index (κ3) is 3.68. The molecule has 0 fully saturated rings. The Morgan fingerprint density at radius 3 is 2.71 bits per heavy atom. The first-order chi connectivity index (χ1) is 11.6. The number of carbonyl (C=O) groups excluding carboxylic acids is 1. The van der Waals surface area contributed by atoms with Crippen molar-refractivity contribution in [2.45, 2.75) is 26.3 Å². The van der Waals surface area contributed by atoms with E-state index < -0.39 is 5.63 Å². The van der Waals surface area contributed by atoms with E-state index in [1.54, 1.807) is 18.2 Å². The van der Waals surface area contributed by atoms with E-state index in [0.717, 1.165) is 11.1 Å².